The molecule has 0 aliphatic rings. The van der Waals surface area contributed by atoms with E-state index in [0.717, 1.165) is 0 Å². The van der Waals surface area contributed by atoms with Gasteiger partial charge in [0, 0.05) is 6.54 Å². The van der Waals surface area contributed by atoms with Gasteiger partial charge in [-0.3, -0.25) is 4.79 Å². The van der Waals surface area contributed by atoms with Gasteiger partial charge in [-0.05, 0) is 24.6 Å². The molecule has 0 saturated carbocycles. The van der Waals surface area contributed by atoms with Gasteiger partial charge in [-0.1, -0.05) is 0 Å². The first-order valence-electron chi connectivity index (χ1n) is 6.27. The summed E-state index contributed by atoms with van der Waals surface area (Å²) in [5.41, 5.74) is 0.367. The van der Waals surface area contributed by atoms with Gasteiger partial charge in [-0.15, -0.1) is 0 Å². The molecule has 116 valence electrons. The van der Waals surface area contributed by atoms with Crippen molar-refractivity contribution in [2.75, 3.05) is 27.9 Å². The molecule has 1 amide bonds. The molecule has 7 nitrogen and oxygen atoms in total. The maximum absolute atomic E-state index is 11.5. The number of methoxy groups -OCH3 is 3. The van der Waals surface area contributed by atoms with Crippen molar-refractivity contribution in [1.82, 2.24) is 4.90 Å². The Labute approximate surface area is 123 Å². The first-order chi connectivity index (χ1) is 10.0. The Hall–Kier alpha value is -2.44. The zero-order valence-corrected chi connectivity index (χ0v) is 12.5. The molecule has 0 aromatic heterocycles. The van der Waals surface area contributed by atoms with Crippen LogP contribution in [-0.2, 0) is 9.59 Å². The van der Waals surface area contributed by atoms with E-state index in [1.165, 1.54) is 38.4 Å². The Bertz CT molecular complexity index is 491. The molecule has 1 aromatic rings. The Balaban J connectivity index is 3.45. The highest BCUT2D eigenvalue weighted by Crippen LogP contribution is 2.40. The van der Waals surface area contributed by atoms with E-state index in [1.807, 2.05) is 0 Å². The van der Waals surface area contributed by atoms with Gasteiger partial charge in [0.25, 0.3) is 0 Å². The lowest BCUT2D eigenvalue weighted by Gasteiger charge is -2.25. The molecule has 0 saturated heterocycles. The summed E-state index contributed by atoms with van der Waals surface area (Å²) >= 11 is 0. The minimum absolute atomic E-state index is 0.261. The largest absolute Gasteiger partial charge is 0.493 e. The summed E-state index contributed by atoms with van der Waals surface area (Å²) in [6.07, 6.45) is 0.502. The second-order valence-electron chi connectivity index (χ2n) is 4.14. The van der Waals surface area contributed by atoms with Crippen LogP contribution in [0, 0.1) is 0 Å². The molecule has 1 aromatic carbocycles. The van der Waals surface area contributed by atoms with Crippen LogP contribution < -0.4 is 14.2 Å². The molecular formula is C14H19NO6. The molecule has 0 aliphatic carbocycles. The summed E-state index contributed by atoms with van der Waals surface area (Å²) in [5.74, 6) is -0.111. The smallest absolute Gasteiger partial charge is 0.331 e. The number of rotatable bonds is 8. The van der Waals surface area contributed by atoms with Crippen molar-refractivity contribution < 1.29 is 28.9 Å². The molecule has 1 atom stereocenters. The molecule has 0 fully saturated rings. The standard InChI is InChI=1S/C14H19NO6/c1-5-15(8-16)12(14(17)18)9-6-10(19-2)13(21-4)11(7-9)20-3/h6-8,12H,5H2,1-4H3,(H,17,18). The van der Waals surface area contributed by atoms with Crippen LogP contribution in [0.2, 0.25) is 0 Å². The van der Waals surface area contributed by atoms with Gasteiger partial charge in [0.1, 0.15) is 0 Å². The minimum atomic E-state index is -1.14. The number of carboxylic acid groups (broad SMARTS) is 1. The molecule has 0 spiro atoms. The van der Waals surface area contributed by atoms with Crippen molar-refractivity contribution in [3.05, 3.63) is 17.7 Å². The molecule has 1 rings (SSSR count). The van der Waals surface area contributed by atoms with E-state index in [-0.39, 0.29) is 6.54 Å². The van der Waals surface area contributed by atoms with Gasteiger partial charge < -0.3 is 24.2 Å². The number of likely N-dealkylation sites (N-methyl/N-ethyl adjacent to an activating group) is 1. The molecule has 7 heteroatoms. The van der Waals surface area contributed by atoms with E-state index in [4.69, 9.17) is 14.2 Å². The van der Waals surface area contributed by atoms with Crippen molar-refractivity contribution in [2.45, 2.75) is 13.0 Å². The van der Waals surface area contributed by atoms with Gasteiger partial charge in [0.2, 0.25) is 12.2 Å². The molecule has 0 aliphatic heterocycles. The van der Waals surface area contributed by atoms with Crippen LogP contribution in [0.5, 0.6) is 17.2 Å². The van der Waals surface area contributed by atoms with E-state index in [9.17, 15) is 14.7 Å². The van der Waals surface area contributed by atoms with E-state index in [2.05, 4.69) is 0 Å². The Kier molecular flexibility index (Phi) is 5.83. The zero-order chi connectivity index (χ0) is 16.0. The molecule has 1 N–H and O–H groups in total. The summed E-state index contributed by atoms with van der Waals surface area (Å²) in [6.45, 7) is 1.96. The number of carbonyl (C=O) groups excluding carboxylic acids is 1. The van der Waals surface area contributed by atoms with Crippen LogP contribution in [0.4, 0.5) is 0 Å². The highest BCUT2D eigenvalue weighted by molar-refractivity contribution is 5.79. The number of amides is 1. The van der Waals surface area contributed by atoms with E-state index >= 15 is 0 Å². The summed E-state index contributed by atoms with van der Waals surface area (Å²) < 4.78 is 15.6. The van der Waals surface area contributed by atoms with Gasteiger partial charge in [0.15, 0.2) is 17.5 Å². The number of nitrogens with zero attached hydrogens (tertiary/aromatic N) is 1. The van der Waals surface area contributed by atoms with Crippen molar-refractivity contribution in [1.29, 1.82) is 0 Å². The Morgan fingerprint density at radius 1 is 1.24 bits per heavy atom. The number of benzene rings is 1. The second-order valence-corrected chi connectivity index (χ2v) is 4.14. The van der Waals surface area contributed by atoms with Crippen molar-refractivity contribution in [3.63, 3.8) is 0 Å². The SMILES string of the molecule is CCN(C=O)C(C(=O)O)c1cc(OC)c(OC)c(OC)c1. The quantitative estimate of drug-likeness (QED) is 0.728. The monoisotopic (exact) mass is 297 g/mol. The lowest BCUT2D eigenvalue weighted by atomic mass is 10.0. The number of hydrogen-bond acceptors (Lipinski definition) is 5. The van der Waals surface area contributed by atoms with Gasteiger partial charge in [-0.2, -0.15) is 0 Å². The third-order valence-corrected chi connectivity index (χ3v) is 3.07. The summed E-state index contributed by atoms with van der Waals surface area (Å²) in [5, 5.41) is 9.40. The first-order valence-corrected chi connectivity index (χ1v) is 6.27. The fourth-order valence-electron chi connectivity index (χ4n) is 2.05. The predicted molar refractivity (Wildman–Crippen MR) is 74.9 cm³/mol. The van der Waals surface area contributed by atoms with Crippen LogP contribution in [0.3, 0.4) is 0 Å². The highest BCUT2D eigenvalue weighted by Gasteiger charge is 2.28. The van der Waals surface area contributed by atoms with Gasteiger partial charge in [-0.25, -0.2) is 4.79 Å². The molecular weight excluding hydrogens is 278 g/mol. The molecule has 0 bridgehead atoms. The first kappa shape index (κ1) is 16.6. The van der Waals surface area contributed by atoms with Crippen LogP contribution in [0.1, 0.15) is 18.5 Å². The number of aliphatic carboxylic acids is 1. The summed E-state index contributed by atoms with van der Waals surface area (Å²) in [4.78, 5) is 23.7. The Morgan fingerprint density at radius 2 is 1.76 bits per heavy atom. The average Bonchev–Trinajstić information content (AvgIpc) is 2.50. The number of hydrogen-bond donors (Lipinski definition) is 1. The van der Waals surface area contributed by atoms with Crippen LogP contribution in [0.15, 0.2) is 12.1 Å². The van der Waals surface area contributed by atoms with E-state index < -0.39 is 12.0 Å². The van der Waals surface area contributed by atoms with Crippen LogP contribution >= 0.6 is 0 Å². The third kappa shape index (κ3) is 3.36. The molecule has 0 heterocycles. The maximum Gasteiger partial charge on any atom is 0.331 e. The second kappa shape index (κ2) is 7.37. The summed E-state index contributed by atoms with van der Waals surface area (Å²) in [6, 6.07) is 1.92. The Morgan fingerprint density at radius 3 is 2.05 bits per heavy atom. The normalized spacial score (nSPS) is 11.4. The molecule has 0 radical (unpaired) electrons. The maximum atomic E-state index is 11.5. The topological polar surface area (TPSA) is 85.3 Å². The van der Waals surface area contributed by atoms with Gasteiger partial charge in [0.05, 0.1) is 21.3 Å². The highest BCUT2D eigenvalue weighted by atomic mass is 16.5. The van der Waals surface area contributed by atoms with Crippen LogP contribution in [0.25, 0.3) is 0 Å². The van der Waals surface area contributed by atoms with Crippen molar-refractivity contribution >= 4 is 12.4 Å². The van der Waals surface area contributed by atoms with Gasteiger partial charge >= 0.3 is 5.97 Å². The van der Waals surface area contributed by atoms with Crippen molar-refractivity contribution in [3.8, 4) is 17.2 Å². The fourth-order valence-corrected chi connectivity index (χ4v) is 2.05. The minimum Gasteiger partial charge on any atom is -0.493 e. The number of ether oxygens (including phenoxy) is 3. The number of carbonyl (C=O) groups is 2. The fraction of sp³-hybridized carbons (Fsp3) is 0.429. The number of carboxylic acids is 1. The van der Waals surface area contributed by atoms with E-state index in [0.29, 0.717) is 29.2 Å². The van der Waals surface area contributed by atoms with Crippen molar-refractivity contribution in [2.24, 2.45) is 0 Å². The average molecular weight is 297 g/mol. The molecule has 1 unspecified atom stereocenters. The predicted octanol–water partition coefficient (Wildman–Crippen LogP) is 1.32. The molecule has 21 heavy (non-hydrogen) atoms. The van der Waals surface area contributed by atoms with Crippen LogP contribution in [-0.4, -0.2) is 50.3 Å². The summed E-state index contributed by atoms with van der Waals surface area (Å²) in [7, 11) is 4.33. The lowest BCUT2D eigenvalue weighted by Crippen LogP contribution is -2.33. The third-order valence-electron chi connectivity index (χ3n) is 3.07. The zero-order valence-electron chi connectivity index (χ0n) is 12.5. The van der Waals surface area contributed by atoms with E-state index in [1.54, 1.807) is 6.92 Å². The lowest BCUT2D eigenvalue weighted by molar-refractivity contribution is -0.146.